The number of aliphatic hydroxyl groups is 1. The molecule has 0 aromatic carbocycles. The van der Waals surface area contributed by atoms with Gasteiger partial charge in [0.1, 0.15) is 5.02 Å². The summed E-state index contributed by atoms with van der Waals surface area (Å²) in [6.45, 7) is 1.70. The van der Waals surface area contributed by atoms with Crippen molar-refractivity contribution in [2.45, 2.75) is 19.2 Å². The van der Waals surface area contributed by atoms with Gasteiger partial charge in [-0.2, -0.15) is 23.0 Å². The van der Waals surface area contributed by atoms with Gasteiger partial charge in [0.05, 0.1) is 23.6 Å². The van der Waals surface area contributed by atoms with Crippen LogP contribution in [0.5, 0.6) is 0 Å². The van der Waals surface area contributed by atoms with E-state index in [9.17, 15) is 23.1 Å². The molecule has 0 unspecified atom stereocenters. The number of pyridine rings is 1. The number of hydrogen-bond donors (Lipinski definition) is 2. The summed E-state index contributed by atoms with van der Waals surface area (Å²) in [5.74, 6) is -0.0908. The van der Waals surface area contributed by atoms with Gasteiger partial charge in [0.25, 0.3) is 5.56 Å². The Morgan fingerprint density at radius 2 is 2.09 bits per heavy atom. The summed E-state index contributed by atoms with van der Waals surface area (Å²) in [4.78, 5) is 15.7. The molecule has 2 aromatic rings. The Balaban J connectivity index is 2.34. The Labute approximate surface area is 133 Å². The predicted octanol–water partition coefficient (Wildman–Crippen LogP) is 2.09. The summed E-state index contributed by atoms with van der Waals surface area (Å²) >= 11 is 5.91. The average Bonchev–Trinajstić information content (AvgIpc) is 2.48. The highest BCUT2D eigenvalue weighted by Gasteiger charge is 2.30. The SMILES string of the molecule is C[C@@H](O)CNc1cnn(-c2ccc(C(F)(F)F)cn2)c(=O)c1Cl. The number of nitrogens with zero attached hydrogens (tertiary/aromatic N) is 3. The van der Waals surface area contributed by atoms with Crippen molar-refractivity contribution in [3.05, 3.63) is 45.5 Å². The van der Waals surface area contributed by atoms with E-state index in [0.29, 0.717) is 6.20 Å². The van der Waals surface area contributed by atoms with E-state index < -0.39 is 23.4 Å². The topological polar surface area (TPSA) is 80.0 Å². The van der Waals surface area contributed by atoms with Gasteiger partial charge in [0, 0.05) is 12.7 Å². The van der Waals surface area contributed by atoms with Crippen LogP contribution in [-0.2, 0) is 6.18 Å². The highest BCUT2D eigenvalue weighted by molar-refractivity contribution is 6.32. The van der Waals surface area contributed by atoms with Crippen LogP contribution in [0.4, 0.5) is 18.9 Å². The third-order valence-corrected chi connectivity index (χ3v) is 3.16. The molecule has 0 aliphatic rings. The van der Waals surface area contributed by atoms with Gasteiger partial charge in [0.2, 0.25) is 0 Å². The molecular weight excluding hydrogens is 337 g/mol. The maximum atomic E-state index is 12.5. The molecule has 0 aliphatic carbocycles. The number of hydrogen-bond acceptors (Lipinski definition) is 5. The first-order valence-electron chi connectivity index (χ1n) is 6.43. The van der Waals surface area contributed by atoms with Crippen LogP contribution >= 0.6 is 11.6 Å². The van der Waals surface area contributed by atoms with Gasteiger partial charge in [-0.05, 0) is 19.1 Å². The predicted molar refractivity (Wildman–Crippen MR) is 77.8 cm³/mol. The van der Waals surface area contributed by atoms with Gasteiger partial charge in [0.15, 0.2) is 5.82 Å². The second-order valence-electron chi connectivity index (χ2n) is 4.72. The molecule has 2 rings (SSSR count). The van der Waals surface area contributed by atoms with Crippen LogP contribution < -0.4 is 10.9 Å². The van der Waals surface area contributed by atoms with E-state index in [0.717, 1.165) is 16.8 Å². The maximum Gasteiger partial charge on any atom is 0.417 e. The standard InChI is InChI=1S/C13H12ClF3N4O2/c1-7(22)4-18-9-6-20-21(12(23)11(9)14)10-3-2-8(5-19-10)13(15,16)17/h2-3,5-7,18,22H,4H2,1H3/t7-/m1/s1. The first kappa shape index (κ1) is 17.2. The fraction of sp³-hybridized carbons (Fsp3) is 0.308. The Morgan fingerprint density at radius 3 is 2.61 bits per heavy atom. The normalized spacial score (nSPS) is 13.0. The molecule has 1 atom stereocenters. The quantitative estimate of drug-likeness (QED) is 0.884. The van der Waals surface area contributed by atoms with Crippen LogP contribution in [0.3, 0.4) is 0 Å². The molecule has 10 heteroatoms. The molecule has 0 aliphatic heterocycles. The van der Waals surface area contributed by atoms with Crippen molar-refractivity contribution in [3.8, 4) is 5.82 Å². The second-order valence-corrected chi connectivity index (χ2v) is 5.10. The van der Waals surface area contributed by atoms with Crippen LogP contribution in [0.15, 0.2) is 29.3 Å². The number of aromatic nitrogens is 3. The molecular formula is C13H12ClF3N4O2. The highest BCUT2D eigenvalue weighted by atomic mass is 35.5. The van der Waals surface area contributed by atoms with Crippen molar-refractivity contribution in [3.63, 3.8) is 0 Å². The number of aliphatic hydroxyl groups excluding tert-OH is 1. The minimum atomic E-state index is -4.52. The molecule has 23 heavy (non-hydrogen) atoms. The Bertz CT molecular complexity index is 744. The molecule has 0 spiro atoms. The largest absolute Gasteiger partial charge is 0.417 e. The maximum absolute atomic E-state index is 12.5. The van der Waals surface area contributed by atoms with Gasteiger partial charge < -0.3 is 10.4 Å². The van der Waals surface area contributed by atoms with Gasteiger partial charge in [-0.25, -0.2) is 4.98 Å². The molecule has 2 heterocycles. The Hall–Kier alpha value is -2.13. The first-order chi connectivity index (χ1) is 10.7. The summed E-state index contributed by atoms with van der Waals surface area (Å²) in [6.07, 6.45) is -3.34. The summed E-state index contributed by atoms with van der Waals surface area (Å²) in [6, 6.07) is 1.82. The Kier molecular flexibility index (Phi) is 4.90. The summed E-state index contributed by atoms with van der Waals surface area (Å²) in [7, 11) is 0. The van der Waals surface area contributed by atoms with Gasteiger partial charge in [-0.15, -0.1) is 0 Å². The van der Waals surface area contributed by atoms with E-state index >= 15 is 0 Å². The van der Waals surface area contributed by atoms with Crippen LogP contribution in [-0.4, -0.2) is 32.5 Å². The molecule has 0 radical (unpaired) electrons. The van der Waals surface area contributed by atoms with Crippen LogP contribution in [0.25, 0.3) is 5.82 Å². The lowest BCUT2D eigenvalue weighted by Crippen LogP contribution is -2.25. The lowest BCUT2D eigenvalue weighted by Gasteiger charge is -2.11. The molecule has 2 aromatic heterocycles. The fourth-order valence-corrected chi connectivity index (χ4v) is 1.85. The van der Waals surface area contributed by atoms with Crippen LogP contribution in [0.1, 0.15) is 12.5 Å². The minimum absolute atomic E-state index is 0.0908. The van der Waals surface area contributed by atoms with E-state index in [2.05, 4.69) is 15.4 Å². The van der Waals surface area contributed by atoms with Crippen molar-refractivity contribution < 1.29 is 18.3 Å². The number of nitrogens with one attached hydrogen (secondary N) is 1. The lowest BCUT2D eigenvalue weighted by atomic mass is 10.3. The molecule has 0 bridgehead atoms. The lowest BCUT2D eigenvalue weighted by molar-refractivity contribution is -0.137. The summed E-state index contributed by atoms with van der Waals surface area (Å²) < 4.78 is 38.3. The van der Waals surface area contributed by atoms with Crippen LogP contribution in [0.2, 0.25) is 5.02 Å². The Morgan fingerprint density at radius 1 is 1.39 bits per heavy atom. The summed E-state index contributed by atoms with van der Waals surface area (Å²) in [5, 5.41) is 15.5. The average molecular weight is 349 g/mol. The molecule has 6 nitrogen and oxygen atoms in total. The molecule has 0 saturated heterocycles. The third-order valence-electron chi connectivity index (χ3n) is 2.80. The number of halogens is 4. The van der Waals surface area contributed by atoms with Gasteiger partial charge >= 0.3 is 6.18 Å². The van der Waals surface area contributed by atoms with Crippen molar-refractivity contribution in [1.82, 2.24) is 14.8 Å². The monoisotopic (exact) mass is 348 g/mol. The first-order valence-corrected chi connectivity index (χ1v) is 6.81. The van der Waals surface area contributed by atoms with Crippen molar-refractivity contribution in [2.24, 2.45) is 0 Å². The number of alkyl halides is 3. The van der Waals surface area contributed by atoms with Crippen molar-refractivity contribution >= 4 is 17.3 Å². The minimum Gasteiger partial charge on any atom is -0.392 e. The van der Waals surface area contributed by atoms with E-state index in [1.165, 1.54) is 6.20 Å². The molecule has 2 N–H and O–H groups in total. The number of rotatable bonds is 4. The highest BCUT2D eigenvalue weighted by Crippen LogP contribution is 2.28. The van der Waals surface area contributed by atoms with Gasteiger partial charge in [-0.1, -0.05) is 11.6 Å². The smallest absolute Gasteiger partial charge is 0.392 e. The van der Waals surface area contributed by atoms with E-state index in [1.807, 2.05) is 0 Å². The van der Waals surface area contributed by atoms with E-state index in [1.54, 1.807) is 6.92 Å². The molecule has 124 valence electrons. The molecule has 0 saturated carbocycles. The second kappa shape index (κ2) is 6.55. The van der Waals surface area contributed by atoms with E-state index in [-0.39, 0.29) is 23.1 Å². The third kappa shape index (κ3) is 3.99. The zero-order valence-corrected chi connectivity index (χ0v) is 12.6. The molecule has 0 fully saturated rings. The zero-order valence-electron chi connectivity index (χ0n) is 11.8. The fourth-order valence-electron chi connectivity index (χ4n) is 1.66. The van der Waals surface area contributed by atoms with Crippen molar-refractivity contribution in [2.75, 3.05) is 11.9 Å². The van der Waals surface area contributed by atoms with Crippen LogP contribution in [0, 0.1) is 0 Å². The number of anilines is 1. The van der Waals surface area contributed by atoms with Crippen molar-refractivity contribution in [1.29, 1.82) is 0 Å². The van der Waals surface area contributed by atoms with E-state index in [4.69, 9.17) is 11.6 Å². The summed E-state index contributed by atoms with van der Waals surface area (Å²) in [5.41, 5.74) is -1.47. The zero-order chi connectivity index (χ0) is 17.2. The van der Waals surface area contributed by atoms with Gasteiger partial charge in [-0.3, -0.25) is 4.79 Å². The molecule has 0 amide bonds.